The van der Waals surface area contributed by atoms with Gasteiger partial charge in [0.15, 0.2) is 0 Å². The van der Waals surface area contributed by atoms with Crippen LogP contribution in [-0.2, 0) is 12.0 Å². The van der Waals surface area contributed by atoms with Crippen molar-refractivity contribution in [2.24, 2.45) is 0 Å². The summed E-state index contributed by atoms with van der Waals surface area (Å²) in [4.78, 5) is 13.2. The predicted octanol–water partition coefficient (Wildman–Crippen LogP) is 5.03. The van der Waals surface area contributed by atoms with Gasteiger partial charge in [0.25, 0.3) is 0 Å². The average molecular weight is 328 g/mol. The van der Waals surface area contributed by atoms with Crippen molar-refractivity contribution in [2.75, 3.05) is 11.6 Å². The van der Waals surface area contributed by atoms with Gasteiger partial charge in [0.05, 0.1) is 0 Å². The summed E-state index contributed by atoms with van der Waals surface area (Å²) in [5.74, 6) is 0. The number of nitrogens with one attached hydrogen (secondary N) is 2. The molecule has 122 valence electrons. The largest absolute Gasteiger partial charge is 0.334 e. The van der Waals surface area contributed by atoms with Crippen LogP contribution in [0.15, 0.2) is 53.4 Å². The highest BCUT2D eigenvalue weighted by Gasteiger charge is 2.13. The predicted molar refractivity (Wildman–Crippen MR) is 99.2 cm³/mol. The lowest BCUT2D eigenvalue weighted by Gasteiger charge is -2.19. The number of thioether (sulfide) groups is 1. The number of amides is 2. The molecule has 0 radical (unpaired) electrons. The molecule has 0 aromatic heterocycles. The van der Waals surface area contributed by atoms with E-state index in [2.05, 4.69) is 55.7 Å². The molecular formula is C19H24N2OS. The van der Waals surface area contributed by atoms with Gasteiger partial charge in [-0.3, -0.25) is 0 Å². The third kappa shape index (κ3) is 5.32. The molecule has 0 fully saturated rings. The summed E-state index contributed by atoms with van der Waals surface area (Å²) >= 11 is 1.71. The van der Waals surface area contributed by atoms with Crippen molar-refractivity contribution in [3.8, 4) is 0 Å². The summed E-state index contributed by atoms with van der Waals surface area (Å²) in [5, 5.41) is 5.73. The van der Waals surface area contributed by atoms with Crippen LogP contribution in [0.25, 0.3) is 0 Å². The molecule has 2 aromatic carbocycles. The Bertz CT molecular complexity index is 643. The van der Waals surface area contributed by atoms with Crippen LogP contribution in [-0.4, -0.2) is 12.3 Å². The number of urea groups is 1. The number of rotatable bonds is 4. The first-order valence-corrected chi connectivity index (χ1v) is 8.89. The van der Waals surface area contributed by atoms with Gasteiger partial charge in [-0.1, -0.05) is 45.0 Å². The Morgan fingerprint density at radius 1 is 1.00 bits per heavy atom. The second-order valence-corrected chi connectivity index (χ2v) is 7.36. The van der Waals surface area contributed by atoms with Crippen molar-refractivity contribution >= 4 is 23.5 Å². The van der Waals surface area contributed by atoms with Crippen LogP contribution in [0, 0.1) is 0 Å². The lowest BCUT2D eigenvalue weighted by Crippen LogP contribution is -2.28. The van der Waals surface area contributed by atoms with Gasteiger partial charge in [0.2, 0.25) is 0 Å². The molecule has 0 unspecified atom stereocenters. The van der Waals surface area contributed by atoms with E-state index in [9.17, 15) is 4.79 Å². The van der Waals surface area contributed by atoms with Crippen LogP contribution in [0.2, 0.25) is 0 Å². The first-order chi connectivity index (χ1) is 10.9. The van der Waals surface area contributed by atoms with Crippen LogP contribution < -0.4 is 10.6 Å². The van der Waals surface area contributed by atoms with E-state index in [-0.39, 0.29) is 11.4 Å². The van der Waals surface area contributed by atoms with Gasteiger partial charge in [0, 0.05) is 17.1 Å². The zero-order valence-electron chi connectivity index (χ0n) is 14.1. The number of hydrogen-bond acceptors (Lipinski definition) is 2. The van der Waals surface area contributed by atoms with E-state index in [4.69, 9.17) is 0 Å². The standard InChI is InChI=1S/C19H24N2OS/c1-19(2,3)15-7-9-16(10-8-15)21-18(22)20-13-14-5-11-17(23-4)12-6-14/h5-12H,13H2,1-4H3,(H2,20,21,22). The summed E-state index contributed by atoms with van der Waals surface area (Å²) in [5.41, 5.74) is 3.25. The molecule has 0 aliphatic rings. The molecule has 0 spiro atoms. The van der Waals surface area contributed by atoms with E-state index in [0.717, 1.165) is 11.3 Å². The van der Waals surface area contributed by atoms with Gasteiger partial charge in [-0.2, -0.15) is 0 Å². The highest BCUT2D eigenvalue weighted by molar-refractivity contribution is 7.98. The molecule has 0 aliphatic carbocycles. The first kappa shape index (κ1) is 17.4. The van der Waals surface area contributed by atoms with Gasteiger partial charge in [0.1, 0.15) is 0 Å². The minimum absolute atomic E-state index is 0.115. The van der Waals surface area contributed by atoms with Crippen LogP contribution in [0.5, 0.6) is 0 Å². The van der Waals surface area contributed by atoms with Crippen molar-refractivity contribution in [3.63, 3.8) is 0 Å². The monoisotopic (exact) mass is 328 g/mol. The topological polar surface area (TPSA) is 41.1 Å². The second kappa shape index (κ2) is 7.55. The Kier molecular flexibility index (Phi) is 5.72. The minimum atomic E-state index is -0.192. The van der Waals surface area contributed by atoms with E-state index in [1.54, 1.807) is 11.8 Å². The van der Waals surface area contributed by atoms with Crippen molar-refractivity contribution in [2.45, 2.75) is 37.6 Å². The molecule has 0 saturated carbocycles. The van der Waals surface area contributed by atoms with Crippen LogP contribution in [0.1, 0.15) is 31.9 Å². The molecular weight excluding hydrogens is 304 g/mol. The third-order valence-corrected chi connectivity index (χ3v) is 4.36. The summed E-state index contributed by atoms with van der Waals surface area (Å²) in [6.45, 7) is 7.03. The molecule has 4 heteroatoms. The molecule has 3 nitrogen and oxygen atoms in total. The minimum Gasteiger partial charge on any atom is -0.334 e. The fourth-order valence-electron chi connectivity index (χ4n) is 2.15. The zero-order chi connectivity index (χ0) is 16.9. The van der Waals surface area contributed by atoms with Gasteiger partial charge >= 0.3 is 6.03 Å². The number of hydrogen-bond donors (Lipinski definition) is 2. The maximum absolute atomic E-state index is 12.0. The molecule has 0 atom stereocenters. The Labute approximate surface area is 142 Å². The van der Waals surface area contributed by atoms with E-state index in [0.29, 0.717) is 6.54 Å². The fraction of sp³-hybridized carbons (Fsp3) is 0.316. The van der Waals surface area contributed by atoms with Crippen LogP contribution >= 0.6 is 11.8 Å². The van der Waals surface area contributed by atoms with Crippen molar-refractivity contribution in [3.05, 3.63) is 59.7 Å². The van der Waals surface area contributed by atoms with Gasteiger partial charge in [-0.05, 0) is 47.1 Å². The zero-order valence-corrected chi connectivity index (χ0v) is 15.0. The summed E-state index contributed by atoms with van der Waals surface area (Å²) in [6, 6.07) is 16.0. The Morgan fingerprint density at radius 2 is 1.61 bits per heavy atom. The van der Waals surface area contributed by atoms with Crippen molar-refractivity contribution in [1.82, 2.24) is 5.32 Å². The van der Waals surface area contributed by atoms with Crippen molar-refractivity contribution in [1.29, 1.82) is 0 Å². The lowest BCUT2D eigenvalue weighted by atomic mass is 9.87. The second-order valence-electron chi connectivity index (χ2n) is 6.48. The molecule has 2 rings (SSSR count). The molecule has 2 N–H and O–H groups in total. The fourth-order valence-corrected chi connectivity index (χ4v) is 2.56. The average Bonchev–Trinajstić information content (AvgIpc) is 2.53. The Hall–Kier alpha value is -1.94. The van der Waals surface area contributed by atoms with E-state index < -0.39 is 0 Å². The molecule has 0 aliphatic heterocycles. The molecule has 2 aromatic rings. The molecule has 2 amide bonds. The van der Waals surface area contributed by atoms with E-state index in [1.165, 1.54) is 10.5 Å². The lowest BCUT2D eigenvalue weighted by molar-refractivity contribution is 0.251. The number of carbonyl (C=O) groups is 1. The number of benzene rings is 2. The highest BCUT2D eigenvalue weighted by Crippen LogP contribution is 2.23. The van der Waals surface area contributed by atoms with E-state index in [1.807, 2.05) is 30.5 Å². The van der Waals surface area contributed by atoms with Crippen LogP contribution in [0.3, 0.4) is 0 Å². The summed E-state index contributed by atoms with van der Waals surface area (Å²) < 4.78 is 0. The summed E-state index contributed by atoms with van der Waals surface area (Å²) in [6.07, 6.45) is 2.05. The quantitative estimate of drug-likeness (QED) is 0.773. The molecule has 0 saturated heterocycles. The van der Waals surface area contributed by atoms with Gasteiger partial charge < -0.3 is 10.6 Å². The Balaban J connectivity index is 1.86. The normalized spacial score (nSPS) is 11.1. The number of anilines is 1. The molecule has 0 heterocycles. The first-order valence-electron chi connectivity index (χ1n) is 7.67. The van der Waals surface area contributed by atoms with Crippen molar-refractivity contribution < 1.29 is 4.79 Å². The maximum atomic E-state index is 12.0. The summed E-state index contributed by atoms with van der Waals surface area (Å²) in [7, 11) is 0. The van der Waals surface area contributed by atoms with E-state index >= 15 is 0 Å². The third-order valence-electron chi connectivity index (χ3n) is 3.62. The van der Waals surface area contributed by atoms with Crippen LogP contribution in [0.4, 0.5) is 10.5 Å². The number of carbonyl (C=O) groups excluding carboxylic acids is 1. The van der Waals surface area contributed by atoms with Gasteiger partial charge in [-0.15, -0.1) is 11.8 Å². The smallest absolute Gasteiger partial charge is 0.319 e. The SMILES string of the molecule is CSc1ccc(CNC(=O)Nc2ccc(C(C)(C)C)cc2)cc1. The van der Waals surface area contributed by atoms with Gasteiger partial charge in [-0.25, -0.2) is 4.79 Å². The Morgan fingerprint density at radius 3 is 2.13 bits per heavy atom. The maximum Gasteiger partial charge on any atom is 0.319 e. The highest BCUT2D eigenvalue weighted by atomic mass is 32.2. The molecule has 23 heavy (non-hydrogen) atoms. The molecule has 0 bridgehead atoms.